The zero-order valence-electron chi connectivity index (χ0n) is 17.1. The number of carbonyl (C=O) groups excluding carboxylic acids is 1. The van der Waals surface area contributed by atoms with Crippen LogP contribution >= 0.6 is 34.3 Å². The van der Waals surface area contributed by atoms with Gasteiger partial charge in [0, 0.05) is 22.7 Å². The fourth-order valence-corrected chi connectivity index (χ4v) is 5.03. The number of nitrogens with one attached hydrogen (secondary N) is 1. The highest BCUT2D eigenvalue weighted by atomic mass is 35.5. The summed E-state index contributed by atoms with van der Waals surface area (Å²) in [5.41, 5.74) is 1.49. The van der Waals surface area contributed by atoms with E-state index in [1.807, 2.05) is 29.6 Å². The van der Waals surface area contributed by atoms with Gasteiger partial charge in [-0.2, -0.15) is 9.78 Å². The van der Waals surface area contributed by atoms with Gasteiger partial charge in [0.05, 0.1) is 40.4 Å². The van der Waals surface area contributed by atoms with Crippen molar-refractivity contribution in [2.75, 3.05) is 5.32 Å². The van der Waals surface area contributed by atoms with Crippen LogP contribution in [0, 0.1) is 0 Å². The fraction of sp³-hybridized carbons (Fsp3) is 0.0870. The molecule has 33 heavy (non-hydrogen) atoms. The van der Waals surface area contributed by atoms with E-state index in [0.717, 1.165) is 10.4 Å². The summed E-state index contributed by atoms with van der Waals surface area (Å²) in [6.07, 6.45) is 4.89. The van der Waals surface area contributed by atoms with Crippen LogP contribution in [0.4, 0.5) is 5.82 Å². The second kappa shape index (κ2) is 9.22. The molecule has 0 radical (unpaired) electrons. The smallest absolute Gasteiger partial charge is 0.290 e. The maximum Gasteiger partial charge on any atom is 0.290 e. The van der Waals surface area contributed by atoms with Crippen molar-refractivity contribution in [1.29, 1.82) is 0 Å². The van der Waals surface area contributed by atoms with Gasteiger partial charge in [0.2, 0.25) is 0 Å². The second-order valence-corrected chi connectivity index (χ2v) is 9.90. The van der Waals surface area contributed by atoms with Crippen LogP contribution in [0.25, 0.3) is 11.3 Å². The number of nitrogens with zero attached hydrogens (tertiary/aromatic N) is 3. The molecule has 5 aromatic rings. The highest BCUT2D eigenvalue weighted by molar-refractivity contribution is 7.16. The Bertz CT molecular complexity index is 1450. The van der Waals surface area contributed by atoms with E-state index in [1.54, 1.807) is 47.6 Å². The summed E-state index contributed by atoms with van der Waals surface area (Å²) < 4.78 is 8.69. The number of carbonyl (C=O) groups is 1. The van der Waals surface area contributed by atoms with E-state index < -0.39 is 0 Å². The fourth-order valence-electron chi connectivity index (χ4n) is 3.36. The lowest BCUT2D eigenvalue weighted by atomic mass is 10.2. The molecule has 0 spiro atoms. The molecule has 0 aliphatic heterocycles. The monoisotopic (exact) mass is 496 g/mol. The van der Waals surface area contributed by atoms with E-state index >= 15 is 0 Å². The minimum absolute atomic E-state index is 0.205. The highest BCUT2D eigenvalue weighted by Crippen LogP contribution is 2.25. The highest BCUT2D eigenvalue weighted by Gasteiger charge is 2.20. The van der Waals surface area contributed by atoms with Gasteiger partial charge in [-0.1, -0.05) is 17.7 Å². The molecule has 166 valence electrons. The Hall–Kier alpha value is -3.40. The average molecular weight is 497 g/mol. The first-order valence-corrected chi connectivity index (χ1v) is 12.0. The number of aromatic nitrogens is 3. The molecule has 0 atom stereocenters. The minimum Gasteiger partial charge on any atom is -0.472 e. The number of pyridine rings is 1. The second-order valence-electron chi connectivity index (χ2n) is 7.15. The molecule has 0 bridgehead atoms. The summed E-state index contributed by atoms with van der Waals surface area (Å²) in [6.45, 7) is 0.849. The van der Waals surface area contributed by atoms with Gasteiger partial charge in [-0.15, -0.1) is 22.7 Å². The van der Waals surface area contributed by atoms with Crippen molar-refractivity contribution >= 4 is 46.0 Å². The van der Waals surface area contributed by atoms with Gasteiger partial charge < -0.3 is 14.3 Å². The maximum atomic E-state index is 13.2. The molecular weight excluding hydrogens is 480 g/mol. The molecule has 0 amide bonds. The first-order chi connectivity index (χ1) is 16.1. The van der Waals surface area contributed by atoms with Crippen LogP contribution in [0.1, 0.15) is 20.1 Å². The van der Waals surface area contributed by atoms with Gasteiger partial charge in [0.15, 0.2) is 0 Å². The van der Waals surface area contributed by atoms with Crippen LogP contribution in [-0.4, -0.2) is 20.3 Å². The summed E-state index contributed by atoms with van der Waals surface area (Å²) in [7, 11) is 0. The lowest BCUT2D eigenvalue weighted by Crippen LogP contribution is -2.21. The normalized spacial score (nSPS) is 11.1. The van der Waals surface area contributed by atoms with Gasteiger partial charge in [0.1, 0.15) is 11.5 Å². The molecule has 5 heterocycles. The van der Waals surface area contributed by atoms with Crippen molar-refractivity contribution in [1.82, 2.24) is 14.3 Å². The molecule has 0 aliphatic carbocycles. The molecule has 0 saturated heterocycles. The minimum atomic E-state index is -0.266. The van der Waals surface area contributed by atoms with Crippen molar-refractivity contribution in [3.8, 4) is 11.3 Å². The lowest BCUT2D eigenvalue weighted by molar-refractivity contribution is 0.0952. The topological polar surface area (TPSA) is 82.1 Å². The zero-order valence-corrected chi connectivity index (χ0v) is 19.5. The Balaban J connectivity index is 1.51. The van der Waals surface area contributed by atoms with Crippen LogP contribution < -0.4 is 10.9 Å². The summed E-state index contributed by atoms with van der Waals surface area (Å²) in [4.78, 5) is 27.8. The first kappa shape index (κ1) is 21.4. The summed E-state index contributed by atoms with van der Waals surface area (Å²) in [5, 5.41) is 9.61. The molecule has 0 aromatic carbocycles. The summed E-state index contributed by atoms with van der Waals surface area (Å²) >= 11 is 8.83. The number of hydrogen-bond donors (Lipinski definition) is 1. The van der Waals surface area contributed by atoms with E-state index in [2.05, 4.69) is 10.4 Å². The van der Waals surface area contributed by atoms with E-state index in [9.17, 15) is 9.59 Å². The molecule has 1 N–H and O–H groups in total. The van der Waals surface area contributed by atoms with Gasteiger partial charge in [-0.25, -0.2) is 0 Å². The van der Waals surface area contributed by atoms with Gasteiger partial charge in [-0.05, 0) is 41.8 Å². The predicted octanol–water partition coefficient (Wildman–Crippen LogP) is 5.43. The van der Waals surface area contributed by atoms with E-state index in [0.29, 0.717) is 39.4 Å². The molecular formula is C23H17ClN4O3S2. The molecule has 10 heteroatoms. The standard InChI is InChI=1S/C23H17ClN4O3S2/c24-20-6-5-16(33-20)12-25-21-11-18(26-28(21)23(30)19-4-2-10-32-19)17-3-1-8-27(22(17)29)13-15-7-9-31-14-15/h1-11,14,25H,12-13H2. The van der Waals surface area contributed by atoms with Crippen LogP contribution in [0.2, 0.25) is 4.34 Å². The first-order valence-electron chi connectivity index (χ1n) is 9.96. The van der Waals surface area contributed by atoms with Crippen LogP contribution in [0.5, 0.6) is 0 Å². The number of halogens is 1. The van der Waals surface area contributed by atoms with Gasteiger partial charge in [-0.3, -0.25) is 9.59 Å². The van der Waals surface area contributed by atoms with Crippen molar-refractivity contribution in [2.24, 2.45) is 0 Å². The predicted molar refractivity (Wildman–Crippen MR) is 130 cm³/mol. The van der Waals surface area contributed by atoms with Crippen molar-refractivity contribution in [2.45, 2.75) is 13.1 Å². The third kappa shape index (κ3) is 4.56. The Morgan fingerprint density at radius 2 is 2.09 bits per heavy atom. The van der Waals surface area contributed by atoms with Gasteiger partial charge >= 0.3 is 0 Å². The summed E-state index contributed by atoms with van der Waals surface area (Å²) in [5.74, 6) is 0.232. The number of hydrogen-bond acceptors (Lipinski definition) is 7. The third-order valence-corrected chi connectivity index (χ3v) is 7.02. The maximum absolute atomic E-state index is 13.2. The van der Waals surface area contributed by atoms with Crippen molar-refractivity contribution in [3.05, 3.63) is 103 Å². The Labute approximate surface area is 201 Å². The largest absolute Gasteiger partial charge is 0.472 e. The SMILES string of the molecule is O=C(c1cccs1)n1nc(-c2cccn(Cc3ccoc3)c2=O)cc1NCc1ccc(Cl)s1. The third-order valence-electron chi connectivity index (χ3n) is 4.94. The van der Waals surface area contributed by atoms with E-state index in [1.165, 1.54) is 27.4 Å². The number of thiophene rings is 2. The Morgan fingerprint density at radius 1 is 1.18 bits per heavy atom. The number of rotatable bonds is 7. The molecule has 7 nitrogen and oxygen atoms in total. The van der Waals surface area contributed by atoms with Crippen molar-refractivity contribution < 1.29 is 9.21 Å². The Kier molecular flexibility index (Phi) is 5.99. The number of anilines is 1. The van der Waals surface area contributed by atoms with Crippen LogP contribution in [0.15, 0.2) is 81.8 Å². The van der Waals surface area contributed by atoms with E-state index in [4.69, 9.17) is 16.0 Å². The van der Waals surface area contributed by atoms with E-state index in [-0.39, 0.29) is 11.5 Å². The molecule has 0 fully saturated rings. The molecule has 0 saturated carbocycles. The summed E-state index contributed by atoms with van der Waals surface area (Å²) in [6, 6.07) is 14.3. The van der Waals surface area contributed by atoms with Crippen LogP contribution in [0.3, 0.4) is 0 Å². The molecule has 0 unspecified atom stereocenters. The van der Waals surface area contributed by atoms with Gasteiger partial charge in [0.25, 0.3) is 11.5 Å². The zero-order chi connectivity index (χ0) is 22.8. The Morgan fingerprint density at radius 3 is 2.82 bits per heavy atom. The molecule has 5 rings (SSSR count). The molecule has 5 aromatic heterocycles. The quantitative estimate of drug-likeness (QED) is 0.325. The number of furan rings is 1. The van der Waals surface area contributed by atoms with Crippen LogP contribution in [-0.2, 0) is 13.1 Å². The molecule has 0 aliphatic rings. The van der Waals surface area contributed by atoms with Crippen molar-refractivity contribution in [3.63, 3.8) is 0 Å². The average Bonchev–Trinajstić information content (AvgIpc) is 3.61. The lowest BCUT2D eigenvalue weighted by Gasteiger charge is -2.06.